The standard InChI is InChI=1S/C16H14ClNO4/c1-8-6-9(2-3-10(8)17)18-7-16-5-4-11(22-16)12(15(20)21)13(16)14(18)19/h2-6,11-13H,7H2,1H3,(H,20,21)/p-1/t11-,12-,13+,16-/m0/s1. The number of ether oxygens (including phenoxy) is 1. The van der Waals surface area contributed by atoms with Gasteiger partial charge in [0.05, 0.1) is 18.6 Å². The topological polar surface area (TPSA) is 69.7 Å². The Balaban J connectivity index is 1.74. The molecule has 114 valence electrons. The molecule has 4 rings (SSSR count). The Hall–Kier alpha value is -1.85. The zero-order valence-electron chi connectivity index (χ0n) is 11.8. The molecule has 4 atom stereocenters. The van der Waals surface area contributed by atoms with Crippen LogP contribution < -0.4 is 10.0 Å². The first-order valence-electron chi connectivity index (χ1n) is 7.08. The summed E-state index contributed by atoms with van der Waals surface area (Å²) in [4.78, 5) is 25.8. The van der Waals surface area contributed by atoms with Crippen molar-refractivity contribution in [2.45, 2.75) is 18.6 Å². The van der Waals surface area contributed by atoms with Crippen LogP contribution >= 0.6 is 11.6 Å². The maximum absolute atomic E-state index is 12.8. The summed E-state index contributed by atoms with van der Waals surface area (Å²) in [7, 11) is 0. The molecular formula is C16H13ClNO4-. The normalized spacial score (nSPS) is 35.3. The number of anilines is 1. The van der Waals surface area contributed by atoms with E-state index in [-0.39, 0.29) is 5.91 Å². The summed E-state index contributed by atoms with van der Waals surface area (Å²) in [5.74, 6) is -3.11. The lowest BCUT2D eigenvalue weighted by Crippen LogP contribution is -2.45. The summed E-state index contributed by atoms with van der Waals surface area (Å²) >= 11 is 6.02. The second-order valence-electron chi connectivity index (χ2n) is 6.08. The molecule has 1 amide bonds. The lowest BCUT2D eigenvalue weighted by atomic mass is 9.77. The summed E-state index contributed by atoms with van der Waals surface area (Å²) in [6.07, 6.45) is 2.98. The molecule has 3 aliphatic rings. The van der Waals surface area contributed by atoms with E-state index in [0.29, 0.717) is 17.3 Å². The second kappa shape index (κ2) is 4.33. The van der Waals surface area contributed by atoms with Crippen LogP contribution in [0.1, 0.15) is 5.56 Å². The van der Waals surface area contributed by atoms with Gasteiger partial charge in [-0.2, -0.15) is 0 Å². The van der Waals surface area contributed by atoms with Crippen molar-refractivity contribution in [1.82, 2.24) is 0 Å². The fourth-order valence-electron chi connectivity index (χ4n) is 3.78. The van der Waals surface area contributed by atoms with Gasteiger partial charge >= 0.3 is 0 Å². The Bertz CT molecular complexity index is 731. The summed E-state index contributed by atoms with van der Waals surface area (Å²) in [5, 5.41) is 12.0. The minimum absolute atomic E-state index is 0.234. The van der Waals surface area contributed by atoms with E-state index in [4.69, 9.17) is 16.3 Å². The number of nitrogens with zero attached hydrogens (tertiary/aromatic N) is 1. The van der Waals surface area contributed by atoms with Crippen LogP contribution in [0.15, 0.2) is 30.4 Å². The zero-order chi connectivity index (χ0) is 15.6. The predicted octanol–water partition coefficient (Wildman–Crippen LogP) is 0.685. The summed E-state index contributed by atoms with van der Waals surface area (Å²) in [5.41, 5.74) is 0.715. The maximum atomic E-state index is 12.8. The van der Waals surface area contributed by atoms with Crippen molar-refractivity contribution in [1.29, 1.82) is 0 Å². The number of carboxylic acids is 1. The molecule has 0 aromatic heterocycles. The molecule has 1 aromatic carbocycles. The summed E-state index contributed by atoms with van der Waals surface area (Å²) in [6.45, 7) is 2.17. The van der Waals surface area contributed by atoms with Crippen LogP contribution in [0.5, 0.6) is 0 Å². The van der Waals surface area contributed by atoms with E-state index in [0.717, 1.165) is 5.56 Å². The van der Waals surface area contributed by atoms with Gasteiger partial charge in [-0.3, -0.25) is 4.79 Å². The first kappa shape index (κ1) is 13.8. The largest absolute Gasteiger partial charge is 0.550 e. The molecule has 3 aliphatic heterocycles. The number of benzene rings is 1. The number of fused-ring (bicyclic) bond motifs is 1. The van der Waals surface area contributed by atoms with E-state index in [2.05, 4.69) is 0 Å². The van der Waals surface area contributed by atoms with E-state index in [1.54, 1.807) is 23.1 Å². The number of carbonyl (C=O) groups excluding carboxylic acids is 2. The highest BCUT2D eigenvalue weighted by atomic mass is 35.5. The third-order valence-electron chi connectivity index (χ3n) is 4.83. The molecule has 2 fully saturated rings. The molecule has 0 saturated carbocycles. The molecule has 0 aliphatic carbocycles. The third kappa shape index (κ3) is 1.63. The van der Waals surface area contributed by atoms with Gasteiger partial charge in [0, 0.05) is 22.6 Å². The highest BCUT2D eigenvalue weighted by Gasteiger charge is 2.65. The SMILES string of the molecule is Cc1cc(N2C[C@]34C=C[C@H](O3)[C@H](C(=O)[O-])[C@@H]4C2=O)ccc1Cl. The van der Waals surface area contributed by atoms with E-state index in [1.165, 1.54) is 0 Å². The number of carbonyl (C=O) groups is 2. The Labute approximate surface area is 132 Å². The minimum Gasteiger partial charge on any atom is -0.550 e. The first-order valence-corrected chi connectivity index (χ1v) is 7.46. The number of halogens is 1. The lowest BCUT2D eigenvalue weighted by Gasteiger charge is -2.24. The second-order valence-corrected chi connectivity index (χ2v) is 6.48. The summed E-state index contributed by atoms with van der Waals surface area (Å²) < 4.78 is 5.81. The van der Waals surface area contributed by atoms with Crippen molar-refractivity contribution in [3.63, 3.8) is 0 Å². The molecule has 0 N–H and O–H groups in total. The Morgan fingerprint density at radius 3 is 2.95 bits per heavy atom. The molecule has 3 heterocycles. The van der Waals surface area contributed by atoms with Crippen molar-refractivity contribution in [2.24, 2.45) is 11.8 Å². The van der Waals surface area contributed by atoms with Crippen molar-refractivity contribution in [3.8, 4) is 0 Å². The number of aliphatic carboxylic acids is 1. The number of amides is 1. The minimum atomic E-state index is -1.23. The van der Waals surface area contributed by atoms with Crippen LogP contribution in [0.2, 0.25) is 5.02 Å². The van der Waals surface area contributed by atoms with E-state index >= 15 is 0 Å². The fourth-order valence-corrected chi connectivity index (χ4v) is 3.90. The van der Waals surface area contributed by atoms with Crippen molar-refractivity contribution < 1.29 is 19.4 Å². The van der Waals surface area contributed by atoms with E-state index < -0.39 is 29.5 Å². The highest BCUT2D eigenvalue weighted by Crippen LogP contribution is 2.52. The van der Waals surface area contributed by atoms with Gasteiger partial charge in [0.2, 0.25) is 5.91 Å². The van der Waals surface area contributed by atoms with Crippen LogP contribution in [0.25, 0.3) is 0 Å². The Morgan fingerprint density at radius 1 is 1.50 bits per heavy atom. The number of hydrogen-bond donors (Lipinski definition) is 0. The molecule has 1 aromatic rings. The fraction of sp³-hybridized carbons (Fsp3) is 0.375. The first-order chi connectivity index (χ1) is 10.4. The number of carboxylic acid groups (broad SMARTS) is 1. The smallest absolute Gasteiger partial charge is 0.234 e. The quantitative estimate of drug-likeness (QED) is 0.752. The van der Waals surface area contributed by atoms with Gasteiger partial charge in [-0.25, -0.2) is 0 Å². The molecule has 22 heavy (non-hydrogen) atoms. The van der Waals surface area contributed by atoms with Crippen LogP contribution in [-0.4, -0.2) is 30.1 Å². The molecule has 1 spiro atoms. The van der Waals surface area contributed by atoms with Crippen LogP contribution in [0.4, 0.5) is 5.69 Å². The molecule has 2 bridgehead atoms. The van der Waals surface area contributed by atoms with Gasteiger partial charge in [-0.15, -0.1) is 0 Å². The van der Waals surface area contributed by atoms with Crippen LogP contribution in [0.3, 0.4) is 0 Å². The number of rotatable bonds is 2. The number of hydrogen-bond acceptors (Lipinski definition) is 4. The van der Waals surface area contributed by atoms with Crippen molar-refractivity contribution in [2.75, 3.05) is 11.4 Å². The third-order valence-corrected chi connectivity index (χ3v) is 5.25. The van der Waals surface area contributed by atoms with E-state index in [9.17, 15) is 14.7 Å². The molecule has 2 saturated heterocycles. The van der Waals surface area contributed by atoms with Crippen LogP contribution in [0, 0.1) is 18.8 Å². The predicted molar refractivity (Wildman–Crippen MR) is 77.3 cm³/mol. The zero-order valence-corrected chi connectivity index (χ0v) is 12.5. The van der Waals surface area contributed by atoms with Crippen LogP contribution in [-0.2, 0) is 14.3 Å². The Morgan fingerprint density at radius 2 is 2.27 bits per heavy atom. The van der Waals surface area contributed by atoms with Gasteiger partial charge in [0.25, 0.3) is 0 Å². The molecule has 0 radical (unpaired) electrons. The highest BCUT2D eigenvalue weighted by molar-refractivity contribution is 6.31. The van der Waals surface area contributed by atoms with Gasteiger partial charge in [-0.1, -0.05) is 23.8 Å². The average molecular weight is 319 g/mol. The lowest BCUT2D eigenvalue weighted by molar-refractivity contribution is -0.313. The monoisotopic (exact) mass is 318 g/mol. The van der Waals surface area contributed by atoms with Gasteiger partial charge in [0.1, 0.15) is 5.60 Å². The van der Waals surface area contributed by atoms with Crippen molar-refractivity contribution >= 4 is 29.2 Å². The number of aryl methyl sites for hydroxylation is 1. The maximum Gasteiger partial charge on any atom is 0.234 e. The molecular weight excluding hydrogens is 306 g/mol. The Kier molecular flexibility index (Phi) is 2.72. The molecule has 0 unspecified atom stereocenters. The van der Waals surface area contributed by atoms with E-state index in [1.807, 2.05) is 19.1 Å². The molecule has 6 heteroatoms. The average Bonchev–Trinajstić information content (AvgIpc) is 3.10. The van der Waals surface area contributed by atoms with Gasteiger partial charge in [-0.05, 0) is 30.7 Å². The van der Waals surface area contributed by atoms with Gasteiger partial charge in [0.15, 0.2) is 0 Å². The van der Waals surface area contributed by atoms with Crippen molar-refractivity contribution in [3.05, 3.63) is 40.9 Å². The van der Waals surface area contributed by atoms with Gasteiger partial charge < -0.3 is 19.5 Å². The summed E-state index contributed by atoms with van der Waals surface area (Å²) in [6, 6.07) is 5.31. The molecule has 5 nitrogen and oxygen atoms in total.